The van der Waals surface area contributed by atoms with E-state index in [-0.39, 0.29) is 16.4 Å². The molecule has 3 aromatic carbocycles. The molecule has 1 amide bonds. The van der Waals surface area contributed by atoms with Gasteiger partial charge in [-0.15, -0.1) is 0 Å². The summed E-state index contributed by atoms with van der Waals surface area (Å²) < 4.78 is 28.1. The highest BCUT2D eigenvalue weighted by Crippen LogP contribution is 2.21. The van der Waals surface area contributed by atoms with E-state index in [9.17, 15) is 13.2 Å². The van der Waals surface area contributed by atoms with E-state index in [0.717, 1.165) is 5.56 Å². The molecule has 0 aromatic heterocycles. The monoisotopic (exact) mass is 408 g/mol. The summed E-state index contributed by atoms with van der Waals surface area (Å²) in [6, 6.07) is 20.7. The van der Waals surface area contributed by atoms with Crippen LogP contribution in [0.1, 0.15) is 41.3 Å². The van der Waals surface area contributed by atoms with E-state index in [2.05, 4.69) is 23.9 Å². The molecule has 0 saturated carbocycles. The zero-order valence-electron chi connectivity index (χ0n) is 16.6. The third-order valence-electron chi connectivity index (χ3n) is 4.63. The van der Waals surface area contributed by atoms with Crippen LogP contribution in [0.2, 0.25) is 0 Å². The van der Waals surface area contributed by atoms with Crippen LogP contribution < -0.4 is 10.0 Å². The molecule has 0 radical (unpaired) electrons. The standard InChI is InChI=1S/C23H24N2O3S/c1-16(2)18-11-13-20(14-12-18)24-23(26)19-8-6-9-21(15-19)29(27,28)25-22-10-5-4-7-17(22)3/h4-16,25H,1-3H3,(H,24,26). The Morgan fingerprint density at radius 3 is 2.24 bits per heavy atom. The number of amides is 1. The fourth-order valence-corrected chi connectivity index (χ4v) is 4.03. The van der Waals surface area contributed by atoms with Crippen molar-refractivity contribution < 1.29 is 13.2 Å². The molecule has 0 aliphatic carbocycles. The molecule has 0 heterocycles. The molecule has 5 nitrogen and oxygen atoms in total. The summed E-state index contributed by atoms with van der Waals surface area (Å²) in [5, 5.41) is 2.81. The van der Waals surface area contributed by atoms with Crippen LogP contribution in [0.5, 0.6) is 0 Å². The summed E-state index contributed by atoms with van der Waals surface area (Å²) in [4.78, 5) is 12.6. The van der Waals surface area contributed by atoms with Crippen molar-refractivity contribution in [3.8, 4) is 0 Å². The number of sulfonamides is 1. The first-order chi connectivity index (χ1) is 13.8. The summed E-state index contributed by atoms with van der Waals surface area (Å²) in [5.41, 5.74) is 3.43. The lowest BCUT2D eigenvalue weighted by Crippen LogP contribution is -2.16. The first-order valence-corrected chi connectivity index (χ1v) is 10.8. The van der Waals surface area contributed by atoms with Crippen LogP contribution in [0.3, 0.4) is 0 Å². The maximum atomic E-state index is 12.7. The van der Waals surface area contributed by atoms with Crippen LogP contribution in [0.15, 0.2) is 77.7 Å². The van der Waals surface area contributed by atoms with E-state index in [4.69, 9.17) is 0 Å². The van der Waals surface area contributed by atoms with Gasteiger partial charge >= 0.3 is 0 Å². The second-order valence-electron chi connectivity index (χ2n) is 7.18. The van der Waals surface area contributed by atoms with Crippen LogP contribution in [-0.4, -0.2) is 14.3 Å². The Morgan fingerprint density at radius 1 is 0.897 bits per heavy atom. The molecule has 0 fully saturated rings. The van der Waals surface area contributed by atoms with Crippen molar-refractivity contribution in [2.45, 2.75) is 31.6 Å². The summed E-state index contributed by atoms with van der Waals surface area (Å²) in [6.07, 6.45) is 0. The molecule has 150 valence electrons. The minimum Gasteiger partial charge on any atom is -0.322 e. The summed E-state index contributed by atoms with van der Waals surface area (Å²) in [6.45, 7) is 6.03. The molecular formula is C23H24N2O3S. The smallest absolute Gasteiger partial charge is 0.261 e. The molecule has 6 heteroatoms. The molecule has 0 unspecified atom stereocenters. The van der Waals surface area contributed by atoms with E-state index in [1.807, 2.05) is 43.3 Å². The van der Waals surface area contributed by atoms with Gasteiger partial charge in [-0.25, -0.2) is 8.42 Å². The Balaban J connectivity index is 1.79. The number of nitrogens with one attached hydrogen (secondary N) is 2. The van der Waals surface area contributed by atoms with Crippen LogP contribution >= 0.6 is 0 Å². The van der Waals surface area contributed by atoms with Gasteiger partial charge in [-0.05, 0) is 60.4 Å². The van der Waals surface area contributed by atoms with Gasteiger partial charge in [0, 0.05) is 11.3 Å². The molecule has 0 aliphatic rings. The summed E-state index contributed by atoms with van der Waals surface area (Å²) in [7, 11) is -3.81. The second-order valence-corrected chi connectivity index (χ2v) is 8.86. The molecular weight excluding hydrogens is 384 g/mol. The SMILES string of the molecule is Cc1ccccc1NS(=O)(=O)c1cccc(C(=O)Nc2ccc(C(C)C)cc2)c1. The van der Waals surface area contributed by atoms with E-state index in [1.54, 1.807) is 24.3 Å². The number of benzene rings is 3. The van der Waals surface area contributed by atoms with Gasteiger partial charge in [0.25, 0.3) is 15.9 Å². The molecule has 3 rings (SSSR count). The Hall–Kier alpha value is -3.12. The molecule has 0 spiro atoms. The van der Waals surface area contributed by atoms with Crippen LogP contribution in [0.4, 0.5) is 11.4 Å². The van der Waals surface area contributed by atoms with Gasteiger partial charge in [0.15, 0.2) is 0 Å². The first-order valence-electron chi connectivity index (χ1n) is 9.36. The van der Waals surface area contributed by atoms with E-state index >= 15 is 0 Å². The van der Waals surface area contributed by atoms with Gasteiger partial charge < -0.3 is 5.32 Å². The maximum Gasteiger partial charge on any atom is 0.261 e. The van der Waals surface area contributed by atoms with Crippen molar-refractivity contribution in [2.75, 3.05) is 10.0 Å². The number of rotatable bonds is 6. The van der Waals surface area contributed by atoms with Crippen molar-refractivity contribution >= 4 is 27.3 Å². The van der Waals surface area contributed by atoms with Crippen molar-refractivity contribution in [3.63, 3.8) is 0 Å². The lowest BCUT2D eigenvalue weighted by atomic mass is 10.0. The zero-order chi connectivity index (χ0) is 21.0. The van der Waals surface area contributed by atoms with E-state index in [1.165, 1.54) is 17.7 Å². The minimum atomic E-state index is -3.81. The van der Waals surface area contributed by atoms with E-state index < -0.39 is 10.0 Å². The molecule has 29 heavy (non-hydrogen) atoms. The average Bonchev–Trinajstić information content (AvgIpc) is 2.70. The highest BCUT2D eigenvalue weighted by atomic mass is 32.2. The van der Waals surface area contributed by atoms with Gasteiger partial charge in [0.2, 0.25) is 0 Å². The predicted octanol–water partition coefficient (Wildman–Crippen LogP) is 5.17. The quantitative estimate of drug-likeness (QED) is 0.591. The Kier molecular flexibility index (Phi) is 6.03. The lowest BCUT2D eigenvalue weighted by molar-refractivity contribution is 0.102. The van der Waals surface area contributed by atoms with Crippen molar-refractivity contribution in [3.05, 3.63) is 89.5 Å². The average molecular weight is 409 g/mol. The topological polar surface area (TPSA) is 75.3 Å². The van der Waals surface area contributed by atoms with Crippen molar-refractivity contribution in [1.29, 1.82) is 0 Å². The molecule has 0 aliphatic heterocycles. The van der Waals surface area contributed by atoms with Crippen molar-refractivity contribution in [2.24, 2.45) is 0 Å². The molecule has 3 aromatic rings. The molecule has 0 bridgehead atoms. The van der Waals surface area contributed by atoms with Crippen LogP contribution in [0.25, 0.3) is 0 Å². The van der Waals surface area contributed by atoms with E-state index in [0.29, 0.717) is 17.3 Å². The minimum absolute atomic E-state index is 0.0311. The number of aryl methyl sites for hydroxylation is 1. The van der Waals surface area contributed by atoms with Gasteiger partial charge in [0.05, 0.1) is 10.6 Å². The van der Waals surface area contributed by atoms with Gasteiger partial charge in [-0.2, -0.15) is 0 Å². The number of hydrogen-bond donors (Lipinski definition) is 2. The highest BCUT2D eigenvalue weighted by molar-refractivity contribution is 7.92. The predicted molar refractivity (Wildman–Crippen MR) is 117 cm³/mol. The lowest BCUT2D eigenvalue weighted by Gasteiger charge is -2.12. The number of hydrogen-bond acceptors (Lipinski definition) is 3. The highest BCUT2D eigenvalue weighted by Gasteiger charge is 2.17. The number of anilines is 2. The first kappa shape index (κ1) is 20.6. The third kappa shape index (κ3) is 5.03. The third-order valence-corrected chi connectivity index (χ3v) is 5.99. The second kappa shape index (κ2) is 8.49. The number of carbonyl (C=O) groups is 1. The Labute approximate surface area is 171 Å². The van der Waals surface area contributed by atoms with Crippen LogP contribution in [0, 0.1) is 6.92 Å². The number of carbonyl (C=O) groups excluding carboxylic acids is 1. The summed E-state index contributed by atoms with van der Waals surface area (Å²) in [5.74, 6) is 0.0395. The van der Waals surface area contributed by atoms with Gasteiger partial charge in [-0.3, -0.25) is 9.52 Å². The van der Waals surface area contributed by atoms with Gasteiger partial charge in [0.1, 0.15) is 0 Å². The Morgan fingerprint density at radius 2 is 1.59 bits per heavy atom. The van der Waals surface area contributed by atoms with Crippen molar-refractivity contribution in [1.82, 2.24) is 0 Å². The number of para-hydroxylation sites is 1. The molecule has 2 N–H and O–H groups in total. The van der Waals surface area contributed by atoms with Crippen LogP contribution in [-0.2, 0) is 10.0 Å². The fraction of sp³-hybridized carbons (Fsp3) is 0.174. The maximum absolute atomic E-state index is 12.7. The zero-order valence-corrected chi connectivity index (χ0v) is 17.5. The fourth-order valence-electron chi connectivity index (χ4n) is 2.85. The Bertz CT molecular complexity index is 1120. The normalized spacial score (nSPS) is 11.3. The van der Waals surface area contributed by atoms with Gasteiger partial charge in [-0.1, -0.05) is 50.2 Å². The largest absolute Gasteiger partial charge is 0.322 e. The molecule has 0 atom stereocenters. The molecule has 0 saturated heterocycles. The summed E-state index contributed by atoms with van der Waals surface area (Å²) >= 11 is 0.